The predicted molar refractivity (Wildman–Crippen MR) is 119 cm³/mol. The average molecular weight is 481 g/mol. The summed E-state index contributed by atoms with van der Waals surface area (Å²) in [5.74, 6) is -2.14. The predicted octanol–water partition coefficient (Wildman–Crippen LogP) is 3.36. The fourth-order valence-electron chi connectivity index (χ4n) is 6.71. The van der Waals surface area contributed by atoms with E-state index in [4.69, 9.17) is 34.0 Å². The van der Waals surface area contributed by atoms with Crippen molar-refractivity contribution in [3.05, 3.63) is 38.8 Å². The van der Waals surface area contributed by atoms with E-state index in [1.165, 1.54) is 7.11 Å². The Bertz CT molecular complexity index is 1400. The lowest BCUT2D eigenvalue weighted by Gasteiger charge is -2.48. The number of hydrogen-bond acceptors (Lipinski definition) is 9. The van der Waals surface area contributed by atoms with Gasteiger partial charge in [-0.25, -0.2) is 0 Å². The Morgan fingerprint density at radius 2 is 2.11 bits per heavy atom. The molecule has 0 amide bonds. The van der Waals surface area contributed by atoms with Crippen molar-refractivity contribution in [3.63, 3.8) is 0 Å². The van der Waals surface area contributed by atoms with Crippen LogP contribution in [0.2, 0.25) is 0 Å². The molecule has 1 spiro atoms. The molecule has 2 aromatic carbocycles. The Morgan fingerprint density at radius 3 is 2.80 bits per heavy atom. The van der Waals surface area contributed by atoms with Crippen LogP contribution in [0.3, 0.4) is 0 Å². The van der Waals surface area contributed by atoms with Crippen molar-refractivity contribution in [2.45, 2.75) is 55.6 Å². The maximum atomic E-state index is 12.9. The summed E-state index contributed by atoms with van der Waals surface area (Å²) in [5.41, 5.74) is 10.3. The van der Waals surface area contributed by atoms with E-state index in [0.29, 0.717) is 52.7 Å². The monoisotopic (exact) mass is 481 g/mol. The van der Waals surface area contributed by atoms with Crippen LogP contribution in [0.5, 0.6) is 17.2 Å². The summed E-state index contributed by atoms with van der Waals surface area (Å²) >= 11 is 0. The molecule has 4 aliphatic heterocycles. The van der Waals surface area contributed by atoms with E-state index in [1.807, 2.05) is 13.0 Å². The Hall–Kier alpha value is -3.08. The van der Waals surface area contributed by atoms with Crippen molar-refractivity contribution in [2.24, 2.45) is 5.11 Å². The number of ether oxygens (including phenoxy) is 6. The zero-order valence-corrected chi connectivity index (χ0v) is 19.4. The maximum absolute atomic E-state index is 12.9. The summed E-state index contributed by atoms with van der Waals surface area (Å²) in [6.07, 6.45) is 0.349. The number of carbonyl (C=O) groups excluding carboxylic acids is 1. The molecule has 4 heterocycles. The van der Waals surface area contributed by atoms with Gasteiger partial charge in [-0.05, 0) is 36.9 Å². The van der Waals surface area contributed by atoms with Gasteiger partial charge >= 0.3 is 0 Å². The van der Waals surface area contributed by atoms with E-state index in [0.717, 1.165) is 5.56 Å². The van der Waals surface area contributed by atoms with Gasteiger partial charge in [0.05, 0.1) is 31.2 Å². The first-order valence-electron chi connectivity index (χ1n) is 11.6. The van der Waals surface area contributed by atoms with Gasteiger partial charge in [0.1, 0.15) is 23.4 Å². The lowest BCUT2D eigenvalue weighted by Crippen LogP contribution is -2.67. The van der Waals surface area contributed by atoms with Gasteiger partial charge in [0.2, 0.25) is 11.4 Å². The van der Waals surface area contributed by atoms with Crippen LogP contribution < -0.4 is 9.47 Å². The van der Waals surface area contributed by atoms with E-state index >= 15 is 0 Å². The highest BCUT2D eigenvalue weighted by molar-refractivity contribution is 6.11. The minimum atomic E-state index is -1.41. The number of epoxide rings is 1. The number of phenols is 1. The maximum Gasteiger partial charge on any atom is 0.276 e. The van der Waals surface area contributed by atoms with Crippen LogP contribution in [-0.4, -0.2) is 61.5 Å². The molecule has 7 rings (SSSR count). The topological polar surface area (TPSA) is 145 Å². The molecule has 11 heteroatoms. The van der Waals surface area contributed by atoms with Gasteiger partial charge in [-0.15, -0.1) is 0 Å². The van der Waals surface area contributed by atoms with E-state index in [2.05, 4.69) is 10.0 Å². The van der Waals surface area contributed by atoms with Gasteiger partial charge in [0.15, 0.2) is 11.9 Å². The normalized spacial score (nSPS) is 35.5. The molecule has 1 unspecified atom stereocenters. The first kappa shape index (κ1) is 21.2. The summed E-state index contributed by atoms with van der Waals surface area (Å²) < 4.78 is 37.1. The Labute approximate surface area is 199 Å². The average Bonchev–Trinajstić information content (AvgIpc) is 3.51. The summed E-state index contributed by atoms with van der Waals surface area (Å²) in [4.78, 5) is 15.8. The van der Waals surface area contributed by atoms with Crippen molar-refractivity contribution >= 4 is 16.6 Å². The van der Waals surface area contributed by atoms with Gasteiger partial charge in [-0.1, -0.05) is 5.11 Å². The number of aryl methyl sites for hydroxylation is 1. The number of rotatable bonds is 4. The van der Waals surface area contributed by atoms with Crippen molar-refractivity contribution < 1.29 is 38.3 Å². The van der Waals surface area contributed by atoms with Crippen LogP contribution in [-0.2, 0) is 25.4 Å². The van der Waals surface area contributed by atoms with Crippen LogP contribution in [0.1, 0.15) is 46.0 Å². The molecule has 0 saturated carbocycles. The van der Waals surface area contributed by atoms with Crippen LogP contribution in [0.15, 0.2) is 11.2 Å². The summed E-state index contributed by atoms with van der Waals surface area (Å²) in [5, 5.41) is 16.2. The third-order valence-corrected chi connectivity index (χ3v) is 8.21. The summed E-state index contributed by atoms with van der Waals surface area (Å²) in [7, 11) is 3.06. The van der Waals surface area contributed by atoms with Crippen molar-refractivity contribution in [1.29, 1.82) is 0 Å². The Kier molecular flexibility index (Phi) is 3.98. The molecule has 5 atom stereocenters. The van der Waals surface area contributed by atoms with Gasteiger partial charge < -0.3 is 33.5 Å². The minimum absolute atomic E-state index is 0.117. The number of ketones is 1. The van der Waals surface area contributed by atoms with Crippen LogP contribution in [0.25, 0.3) is 21.2 Å². The molecule has 3 saturated heterocycles. The molecule has 11 nitrogen and oxygen atoms in total. The number of methoxy groups -OCH3 is 2. The van der Waals surface area contributed by atoms with E-state index in [1.54, 1.807) is 7.11 Å². The van der Waals surface area contributed by atoms with E-state index < -0.39 is 29.4 Å². The number of carbonyl (C=O) groups is 1. The highest BCUT2D eigenvalue weighted by Gasteiger charge is 2.91. The number of Topliss-reactive ketones (excluding diaryl/α,β-unsaturated/α-hetero) is 1. The van der Waals surface area contributed by atoms with Crippen molar-refractivity contribution in [2.75, 3.05) is 27.4 Å². The number of hydrogen-bond donors (Lipinski definition) is 1. The molecule has 5 aliphatic rings. The highest BCUT2D eigenvalue weighted by Crippen LogP contribution is 2.71. The summed E-state index contributed by atoms with van der Waals surface area (Å²) in [6.45, 7) is 2.02. The standard InChI is InChI=1S/C24H23N3O8/c1-10-7-12-16(17(29)15-11(18(12)30-2)5-4-6-13(15)28)19-14(10)20-21-24(31-3,34-19)22(9-32-22)23(33-20,35-21)8-26-27-25/h7,20-21,29H,4-6,8-9H2,1-3H3/t20?,21-,22-,23-,24-/m1/s1. The second-order valence-corrected chi connectivity index (χ2v) is 9.68. The zero-order chi connectivity index (χ0) is 24.3. The highest BCUT2D eigenvalue weighted by atomic mass is 16.9. The van der Waals surface area contributed by atoms with Crippen molar-refractivity contribution in [3.8, 4) is 17.2 Å². The second-order valence-electron chi connectivity index (χ2n) is 9.68. The number of azide groups is 1. The molecule has 3 fully saturated rings. The lowest BCUT2D eigenvalue weighted by molar-refractivity contribution is -0.286. The molecular weight excluding hydrogens is 458 g/mol. The molecule has 1 aliphatic carbocycles. The fraction of sp³-hybridized carbons (Fsp3) is 0.542. The van der Waals surface area contributed by atoms with Gasteiger partial charge in [-0.2, -0.15) is 0 Å². The van der Waals surface area contributed by atoms with Crippen LogP contribution >= 0.6 is 0 Å². The zero-order valence-electron chi connectivity index (χ0n) is 19.4. The van der Waals surface area contributed by atoms with Crippen molar-refractivity contribution in [1.82, 2.24) is 0 Å². The fourth-order valence-corrected chi connectivity index (χ4v) is 6.71. The molecule has 35 heavy (non-hydrogen) atoms. The largest absolute Gasteiger partial charge is 0.506 e. The third-order valence-electron chi connectivity index (χ3n) is 8.21. The first-order valence-corrected chi connectivity index (χ1v) is 11.6. The van der Waals surface area contributed by atoms with Gasteiger partial charge in [-0.3, -0.25) is 4.79 Å². The Balaban J connectivity index is 1.54. The SMILES string of the molecule is COc1c2c(c(O)c3c4c(c(C)cc13)C1O[C@]3(CN=[N+]=[N-])O[C@H]1[C@@](OC)(O4)[C@@]31CO1)C(=O)CCC2. The quantitative estimate of drug-likeness (QED) is 0.303. The molecule has 182 valence electrons. The summed E-state index contributed by atoms with van der Waals surface area (Å²) in [6, 6.07) is 1.91. The first-order chi connectivity index (χ1) is 16.9. The van der Waals surface area contributed by atoms with E-state index in [-0.39, 0.29) is 30.2 Å². The molecule has 0 radical (unpaired) electrons. The van der Waals surface area contributed by atoms with Crippen LogP contribution in [0.4, 0.5) is 0 Å². The van der Waals surface area contributed by atoms with Gasteiger partial charge in [0, 0.05) is 35.0 Å². The third kappa shape index (κ3) is 2.18. The number of benzene rings is 2. The molecule has 1 N–H and O–H groups in total. The molecule has 2 aromatic rings. The molecular formula is C24H23N3O8. The molecule has 2 bridgehead atoms. The second kappa shape index (κ2) is 6.57. The number of aromatic hydroxyl groups is 1. The van der Waals surface area contributed by atoms with Crippen LogP contribution in [0, 0.1) is 6.92 Å². The minimum Gasteiger partial charge on any atom is -0.506 e. The Morgan fingerprint density at radius 1 is 1.31 bits per heavy atom. The van der Waals surface area contributed by atoms with E-state index in [9.17, 15) is 9.90 Å². The molecule has 0 aromatic heterocycles. The van der Waals surface area contributed by atoms with Gasteiger partial charge in [0.25, 0.3) is 5.79 Å². The lowest BCUT2D eigenvalue weighted by atomic mass is 9.78. The number of nitrogens with zero attached hydrogens (tertiary/aromatic N) is 3. The smallest absolute Gasteiger partial charge is 0.276 e. The number of fused-ring (bicyclic) bond motifs is 8. The number of phenolic OH excluding ortho intramolecular Hbond substituents is 1.